The maximum atomic E-state index is 11.6. The Morgan fingerprint density at radius 3 is 2.93 bits per heavy atom. The van der Waals surface area contributed by atoms with Crippen molar-refractivity contribution in [1.82, 2.24) is 4.90 Å². The maximum Gasteiger partial charge on any atom is 0.323 e. The fourth-order valence-electron chi connectivity index (χ4n) is 1.88. The van der Waals surface area contributed by atoms with Crippen LogP contribution in [0, 0.1) is 0 Å². The van der Waals surface area contributed by atoms with Crippen molar-refractivity contribution in [2.75, 3.05) is 19.7 Å². The second-order valence-corrected chi connectivity index (χ2v) is 3.81. The van der Waals surface area contributed by atoms with E-state index in [0.717, 1.165) is 38.8 Å². The highest BCUT2D eigenvalue weighted by molar-refractivity contribution is 5.76. The average Bonchev–Trinajstić information content (AvgIpc) is 2.65. The van der Waals surface area contributed by atoms with Gasteiger partial charge in [-0.25, -0.2) is 0 Å². The number of unbranched alkanes of at least 4 members (excludes halogenated alkanes) is 1. The van der Waals surface area contributed by atoms with Gasteiger partial charge in [0.05, 0.1) is 6.61 Å². The lowest BCUT2D eigenvalue weighted by Gasteiger charge is -2.20. The summed E-state index contributed by atoms with van der Waals surface area (Å²) in [7, 11) is 0. The van der Waals surface area contributed by atoms with Crippen molar-refractivity contribution in [3.63, 3.8) is 0 Å². The van der Waals surface area contributed by atoms with Crippen LogP contribution in [0.15, 0.2) is 0 Å². The first-order valence-corrected chi connectivity index (χ1v) is 5.70. The third-order valence-corrected chi connectivity index (χ3v) is 2.78. The number of hydrogen-bond acceptors (Lipinski definition) is 3. The molecule has 1 heterocycles. The fourth-order valence-corrected chi connectivity index (χ4v) is 1.88. The zero-order chi connectivity index (χ0) is 10.4. The van der Waals surface area contributed by atoms with Gasteiger partial charge in [-0.15, -0.1) is 0 Å². The van der Waals surface area contributed by atoms with Crippen molar-refractivity contribution in [2.24, 2.45) is 0 Å². The second-order valence-electron chi connectivity index (χ2n) is 3.81. The van der Waals surface area contributed by atoms with Crippen molar-refractivity contribution in [3.8, 4) is 0 Å². The van der Waals surface area contributed by atoms with Gasteiger partial charge >= 0.3 is 5.97 Å². The quantitative estimate of drug-likeness (QED) is 0.499. The van der Waals surface area contributed by atoms with E-state index >= 15 is 0 Å². The first-order valence-electron chi connectivity index (χ1n) is 5.70. The van der Waals surface area contributed by atoms with Crippen LogP contribution in [0.2, 0.25) is 0 Å². The van der Waals surface area contributed by atoms with E-state index in [4.69, 9.17) is 4.74 Å². The molecule has 3 nitrogen and oxygen atoms in total. The molecular formula is C11H21NO2. The lowest BCUT2D eigenvalue weighted by atomic mass is 10.2. The molecule has 0 aromatic heterocycles. The SMILES string of the molecule is CCCCOC(=O)C1CCCN1CC. The summed E-state index contributed by atoms with van der Waals surface area (Å²) in [5, 5.41) is 0. The minimum absolute atomic E-state index is 0.0159. The monoisotopic (exact) mass is 199 g/mol. The minimum atomic E-state index is -0.0159. The number of rotatable bonds is 5. The van der Waals surface area contributed by atoms with Gasteiger partial charge < -0.3 is 4.74 Å². The lowest BCUT2D eigenvalue weighted by Crippen LogP contribution is -2.37. The van der Waals surface area contributed by atoms with Crippen molar-refractivity contribution in [1.29, 1.82) is 0 Å². The van der Waals surface area contributed by atoms with Crippen LogP contribution in [0.3, 0.4) is 0 Å². The summed E-state index contributed by atoms with van der Waals surface area (Å²) in [5.74, 6) is -0.0159. The molecule has 1 aliphatic heterocycles. The Bertz CT molecular complexity index is 182. The molecule has 0 amide bonds. The topological polar surface area (TPSA) is 29.5 Å². The normalized spacial score (nSPS) is 22.6. The lowest BCUT2D eigenvalue weighted by molar-refractivity contribution is -0.149. The van der Waals surface area contributed by atoms with Crippen LogP contribution < -0.4 is 0 Å². The van der Waals surface area contributed by atoms with E-state index < -0.39 is 0 Å². The minimum Gasteiger partial charge on any atom is -0.465 e. The molecule has 0 N–H and O–H groups in total. The third-order valence-electron chi connectivity index (χ3n) is 2.78. The number of ether oxygens (including phenoxy) is 1. The van der Waals surface area contributed by atoms with E-state index in [1.54, 1.807) is 0 Å². The Morgan fingerprint density at radius 1 is 1.50 bits per heavy atom. The molecule has 1 saturated heterocycles. The van der Waals surface area contributed by atoms with E-state index in [2.05, 4.69) is 18.7 Å². The molecule has 3 heteroatoms. The standard InChI is InChI=1S/C11H21NO2/c1-3-5-9-14-11(13)10-7-6-8-12(10)4-2/h10H,3-9H2,1-2H3. The van der Waals surface area contributed by atoms with Gasteiger partial charge in [0.1, 0.15) is 6.04 Å². The van der Waals surface area contributed by atoms with Gasteiger partial charge in [-0.05, 0) is 32.4 Å². The summed E-state index contributed by atoms with van der Waals surface area (Å²) >= 11 is 0. The number of nitrogens with zero attached hydrogens (tertiary/aromatic N) is 1. The van der Waals surface area contributed by atoms with Gasteiger partial charge in [0.2, 0.25) is 0 Å². The van der Waals surface area contributed by atoms with Crippen LogP contribution in [0.1, 0.15) is 39.5 Å². The molecule has 1 unspecified atom stereocenters. The Hall–Kier alpha value is -0.570. The Balaban J connectivity index is 2.28. The number of carbonyl (C=O) groups is 1. The summed E-state index contributed by atoms with van der Waals surface area (Å²) in [5.41, 5.74) is 0. The van der Waals surface area contributed by atoms with E-state index in [1.165, 1.54) is 0 Å². The number of esters is 1. The third kappa shape index (κ3) is 2.98. The molecule has 0 aromatic rings. The zero-order valence-electron chi connectivity index (χ0n) is 9.29. The predicted molar refractivity (Wildman–Crippen MR) is 56.1 cm³/mol. The molecule has 0 spiro atoms. The molecule has 1 aliphatic rings. The van der Waals surface area contributed by atoms with Crippen LogP contribution in [0.4, 0.5) is 0 Å². The summed E-state index contributed by atoms with van der Waals surface area (Å²) in [6, 6.07) is 0.0388. The molecule has 82 valence electrons. The van der Waals surface area contributed by atoms with E-state index in [9.17, 15) is 4.79 Å². The van der Waals surface area contributed by atoms with E-state index in [0.29, 0.717) is 6.61 Å². The van der Waals surface area contributed by atoms with Gasteiger partial charge in [0, 0.05) is 0 Å². The molecule has 0 saturated carbocycles. The zero-order valence-corrected chi connectivity index (χ0v) is 9.29. The Kier molecular flexibility index (Phi) is 4.94. The van der Waals surface area contributed by atoms with Gasteiger partial charge in [0.15, 0.2) is 0 Å². The highest BCUT2D eigenvalue weighted by Gasteiger charge is 2.30. The molecule has 0 aliphatic carbocycles. The number of carbonyl (C=O) groups excluding carboxylic acids is 1. The Morgan fingerprint density at radius 2 is 2.29 bits per heavy atom. The van der Waals surface area contributed by atoms with Crippen LogP contribution in [0.5, 0.6) is 0 Å². The van der Waals surface area contributed by atoms with Crippen LogP contribution in [-0.4, -0.2) is 36.6 Å². The number of likely N-dealkylation sites (tertiary alicyclic amines) is 1. The summed E-state index contributed by atoms with van der Waals surface area (Å²) in [6.45, 7) is 6.78. The highest BCUT2D eigenvalue weighted by Crippen LogP contribution is 2.17. The molecule has 14 heavy (non-hydrogen) atoms. The summed E-state index contributed by atoms with van der Waals surface area (Å²) in [4.78, 5) is 13.8. The predicted octanol–water partition coefficient (Wildman–Crippen LogP) is 1.81. The summed E-state index contributed by atoms with van der Waals surface area (Å²) in [6.07, 6.45) is 4.15. The molecule has 0 bridgehead atoms. The van der Waals surface area contributed by atoms with Crippen LogP contribution in [0.25, 0.3) is 0 Å². The molecule has 1 fully saturated rings. The van der Waals surface area contributed by atoms with Crippen LogP contribution in [-0.2, 0) is 9.53 Å². The smallest absolute Gasteiger partial charge is 0.323 e. The Labute approximate surface area is 86.4 Å². The van der Waals surface area contributed by atoms with Crippen molar-refractivity contribution in [3.05, 3.63) is 0 Å². The van der Waals surface area contributed by atoms with Crippen molar-refractivity contribution < 1.29 is 9.53 Å². The first-order chi connectivity index (χ1) is 6.79. The van der Waals surface area contributed by atoms with Gasteiger partial charge in [-0.1, -0.05) is 20.3 Å². The van der Waals surface area contributed by atoms with Crippen molar-refractivity contribution >= 4 is 5.97 Å². The van der Waals surface area contributed by atoms with E-state index in [1.807, 2.05) is 0 Å². The molecule has 1 rings (SSSR count). The van der Waals surface area contributed by atoms with Crippen LogP contribution >= 0.6 is 0 Å². The molecule has 1 atom stereocenters. The molecule has 0 radical (unpaired) electrons. The molecular weight excluding hydrogens is 178 g/mol. The number of hydrogen-bond donors (Lipinski definition) is 0. The second kappa shape index (κ2) is 6.02. The largest absolute Gasteiger partial charge is 0.465 e. The van der Waals surface area contributed by atoms with Crippen molar-refractivity contribution in [2.45, 2.75) is 45.6 Å². The highest BCUT2D eigenvalue weighted by atomic mass is 16.5. The van der Waals surface area contributed by atoms with Gasteiger partial charge in [0.25, 0.3) is 0 Å². The number of likely N-dealkylation sites (N-methyl/N-ethyl adjacent to an activating group) is 1. The summed E-state index contributed by atoms with van der Waals surface area (Å²) < 4.78 is 5.22. The molecule has 0 aromatic carbocycles. The maximum absolute atomic E-state index is 11.6. The van der Waals surface area contributed by atoms with Gasteiger partial charge in [-0.2, -0.15) is 0 Å². The van der Waals surface area contributed by atoms with E-state index in [-0.39, 0.29) is 12.0 Å². The fraction of sp³-hybridized carbons (Fsp3) is 0.909. The average molecular weight is 199 g/mol. The first kappa shape index (κ1) is 11.5. The van der Waals surface area contributed by atoms with Gasteiger partial charge in [-0.3, -0.25) is 9.69 Å².